The van der Waals surface area contributed by atoms with E-state index in [1.807, 2.05) is 4.68 Å². The number of halogens is 1. The van der Waals surface area contributed by atoms with E-state index in [4.69, 9.17) is 16.3 Å². The Morgan fingerprint density at radius 3 is 2.67 bits per heavy atom. The van der Waals surface area contributed by atoms with Crippen LogP contribution in [0.2, 0.25) is 5.02 Å². The maximum Gasteiger partial charge on any atom is 0.214 e. The van der Waals surface area contributed by atoms with Gasteiger partial charge in [0.1, 0.15) is 0 Å². The van der Waals surface area contributed by atoms with Gasteiger partial charge in [-0.05, 0) is 25.7 Å². The summed E-state index contributed by atoms with van der Waals surface area (Å²) in [5, 5.41) is 4.81. The van der Waals surface area contributed by atoms with Gasteiger partial charge in [-0.25, -0.2) is 12.7 Å². The second-order valence-electron chi connectivity index (χ2n) is 5.28. The van der Waals surface area contributed by atoms with Gasteiger partial charge in [0.25, 0.3) is 0 Å². The van der Waals surface area contributed by atoms with Crippen molar-refractivity contribution in [1.29, 1.82) is 0 Å². The Morgan fingerprint density at radius 1 is 1.38 bits per heavy atom. The van der Waals surface area contributed by atoms with Gasteiger partial charge < -0.3 is 4.74 Å². The molecule has 2 rings (SSSR count). The van der Waals surface area contributed by atoms with Gasteiger partial charge in [-0.2, -0.15) is 5.10 Å². The molecule has 0 spiro atoms. The van der Waals surface area contributed by atoms with E-state index in [1.165, 1.54) is 0 Å². The van der Waals surface area contributed by atoms with Crippen LogP contribution in [-0.4, -0.2) is 55.1 Å². The number of sulfonamides is 1. The molecule has 0 aromatic carbocycles. The van der Waals surface area contributed by atoms with Crippen LogP contribution in [0, 0.1) is 0 Å². The van der Waals surface area contributed by atoms with Gasteiger partial charge in [-0.3, -0.25) is 4.68 Å². The van der Waals surface area contributed by atoms with Crippen LogP contribution in [0.1, 0.15) is 31.7 Å². The van der Waals surface area contributed by atoms with Crippen molar-refractivity contribution in [3.63, 3.8) is 0 Å². The molecule has 1 aliphatic heterocycles. The molecule has 1 aliphatic rings. The molecule has 8 heteroatoms. The van der Waals surface area contributed by atoms with Crippen molar-refractivity contribution < 1.29 is 13.2 Å². The van der Waals surface area contributed by atoms with E-state index in [-0.39, 0.29) is 11.8 Å². The van der Waals surface area contributed by atoms with Crippen LogP contribution in [0.5, 0.6) is 0 Å². The second-order valence-corrected chi connectivity index (χ2v) is 7.81. The Balaban J connectivity index is 1.82. The third kappa shape index (κ3) is 4.67. The van der Waals surface area contributed by atoms with Crippen molar-refractivity contribution in [2.45, 2.75) is 31.7 Å². The van der Waals surface area contributed by atoms with Gasteiger partial charge in [0.15, 0.2) is 0 Å². The predicted octanol–water partition coefficient (Wildman–Crippen LogP) is 1.93. The fourth-order valence-corrected chi connectivity index (χ4v) is 4.30. The molecule has 2 heterocycles. The van der Waals surface area contributed by atoms with Gasteiger partial charge in [0.05, 0.1) is 23.0 Å². The van der Waals surface area contributed by atoms with Crippen molar-refractivity contribution in [2.24, 2.45) is 0 Å². The summed E-state index contributed by atoms with van der Waals surface area (Å²) in [5.74, 6) is 0.203. The van der Waals surface area contributed by atoms with Crippen molar-refractivity contribution in [1.82, 2.24) is 14.1 Å². The average molecular weight is 336 g/mol. The number of hydrogen-bond acceptors (Lipinski definition) is 4. The Kier molecular flexibility index (Phi) is 6.04. The monoisotopic (exact) mass is 335 g/mol. The first-order valence-corrected chi connectivity index (χ1v) is 9.18. The maximum absolute atomic E-state index is 12.2. The summed E-state index contributed by atoms with van der Waals surface area (Å²) in [6.07, 6.45) is 6.37. The molecule has 0 unspecified atom stereocenters. The Hall–Kier alpha value is -0.630. The molecular formula is C13H22ClN3O3S. The van der Waals surface area contributed by atoms with E-state index in [0.29, 0.717) is 31.1 Å². The lowest BCUT2D eigenvalue weighted by molar-refractivity contribution is 0.194. The highest BCUT2D eigenvalue weighted by Crippen LogP contribution is 2.25. The van der Waals surface area contributed by atoms with Crippen LogP contribution in [-0.2, 0) is 14.8 Å². The van der Waals surface area contributed by atoms with Crippen LogP contribution in [0.25, 0.3) is 0 Å². The van der Waals surface area contributed by atoms with Crippen molar-refractivity contribution in [3.8, 4) is 0 Å². The first-order valence-electron chi connectivity index (χ1n) is 7.19. The highest BCUT2D eigenvalue weighted by Gasteiger charge is 2.28. The van der Waals surface area contributed by atoms with E-state index in [9.17, 15) is 8.42 Å². The largest absolute Gasteiger partial charge is 0.385 e. The van der Waals surface area contributed by atoms with Gasteiger partial charge in [-0.1, -0.05) is 11.6 Å². The molecule has 0 amide bonds. The molecule has 6 nitrogen and oxygen atoms in total. The smallest absolute Gasteiger partial charge is 0.214 e. The number of hydrogen-bond donors (Lipinski definition) is 0. The second kappa shape index (κ2) is 7.58. The van der Waals surface area contributed by atoms with Gasteiger partial charge in [0, 0.05) is 33.0 Å². The van der Waals surface area contributed by atoms with Crippen LogP contribution in [0.4, 0.5) is 0 Å². The van der Waals surface area contributed by atoms with E-state index in [2.05, 4.69) is 5.10 Å². The van der Waals surface area contributed by atoms with Crippen molar-refractivity contribution in [2.75, 3.05) is 32.6 Å². The highest BCUT2D eigenvalue weighted by molar-refractivity contribution is 7.89. The summed E-state index contributed by atoms with van der Waals surface area (Å²) in [7, 11) is -1.52. The third-order valence-electron chi connectivity index (χ3n) is 3.76. The Morgan fingerprint density at radius 2 is 2.10 bits per heavy atom. The summed E-state index contributed by atoms with van der Waals surface area (Å²) in [5.41, 5.74) is 0. The molecule has 1 aromatic heterocycles. The standard InChI is InChI=1S/C13H22ClN3O3S/c1-20-8-2-3-9-21(18,19)16-6-4-13(5-7-16)17-11-12(14)10-15-17/h10-11,13H,2-9H2,1H3. The number of methoxy groups -OCH3 is 1. The first kappa shape index (κ1) is 16.7. The quantitative estimate of drug-likeness (QED) is 0.714. The number of unbranched alkanes of at least 4 members (excludes halogenated alkanes) is 1. The van der Waals surface area contributed by atoms with E-state index >= 15 is 0 Å². The van der Waals surface area contributed by atoms with Gasteiger partial charge in [-0.15, -0.1) is 0 Å². The van der Waals surface area contributed by atoms with E-state index in [1.54, 1.807) is 23.8 Å². The number of ether oxygens (including phenoxy) is 1. The van der Waals surface area contributed by atoms with Crippen LogP contribution in [0.15, 0.2) is 12.4 Å². The average Bonchev–Trinajstić information content (AvgIpc) is 2.90. The topological polar surface area (TPSA) is 64.4 Å². The van der Waals surface area contributed by atoms with Crippen LogP contribution in [0.3, 0.4) is 0 Å². The molecule has 120 valence electrons. The Bertz CT molecular complexity index is 539. The molecular weight excluding hydrogens is 314 g/mol. The molecule has 0 N–H and O–H groups in total. The number of nitrogens with zero attached hydrogens (tertiary/aromatic N) is 3. The SMILES string of the molecule is COCCCCS(=O)(=O)N1CCC(n2cc(Cl)cn2)CC1. The molecule has 1 aromatic rings. The lowest BCUT2D eigenvalue weighted by atomic mass is 10.1. The lowest BCUT2D eigenvalue weighted by Crippen LogP contribution is -2.40. The molecule has 1 fully saturated rings. The first-order chi connectivity index (χ1) is 10.0. The molecule has 21 heavy (non-hydrogen) atoms. The molecule has 0 saturated carbocycles. The fourth-order valence-electron chi connectivity index (χ4n) is 2.56. The molecule has 0 radical (unpaired) electrons. The van der Waals surface area contributed by atoms with E-state index < -0.39 is 10.0 Å². The lowest BCUT2D eigenvalue weighted by Gasteiger charge is -2.31. The summed E-state index contributed by atoms with van der Waals surface area (Å²) in [6.45, 7) is 1.71. The zero-order chi connectivity index (χ0) is 15.3. The molecule has 0 atom stereocenters. The Labute approximate surface area is 131 Å². The minimum absolute atomic E-state index is 0.203. The summed E-state index contributed by atoms with van der Waals surface area (Å²) in [6, 6.07) is 0.234. The van der Waals surface area contributed by atoms with Crippen LogP contribution < -0.4 is 0 Å². The summed E-state index contributed by atoms with van der Waals surface area (Å²) in [4.78, 5) is 0. The molecule has 0 aliphatic carbocycles. The number of rotatable bonds is 7. The summed E-state index contributed by atoms with van der Waals surface area (Å²) >= 11 is 5.86. The third-order valence-corrected chi connectivity index (χ3v) is 5.91. The number of piperidine rings is 1. The molecule has 0 bridgehead atoms. The zero-order valence-corrected chi connectivity index (χ0v) is 13.8. The van der Waals surface area contributed by atoms with Crippen molar-refractivity contribution in [3.05, 3.63) is 17.4 Å². The van der Waals surface area contributed by atoms with Crippen LogP contribution >= 0.6 is 11.6 Å². The minimum Gasteiger partial charge on any atom is -0.385 e. The van der Waals surface area contributed by atoms with Gasteiger partial charge in [0.2, 0.25) is 10.0 Å². The van der Waals surface area contributed by atoms with Gasteiger partial charge >= 0.3 is 0 Å². The molecule has 1 saturated heterocycles. The highest BCUT2D eigenvalue weighted by atomic mass is 35.5. The minimum atomic E-state index is -3.14. The predicted molar refractivity (Wildman–Crippen MR) is 82.0 cm³/mol. The number of aromatic nitrogens is 2. The van der Waals surface area contributed by atoms with E-state index in [0.717, 1.165) is 19.3 Å². The maximum atomic E-state index is 12.2. The zero-order valence-electron chi connectivity index (χ0n) is 12.2. The van der Waals surface area contributed by atoms with Crippen molar-refractivity contribution >= 4 is 21.6 Å². The fraction of sp³-hybridized carbons (Fsp3) is 0.769. The summed E-state index contributed by atoms with van der Waals surface area (Å²) < 4.78 is 32.9. The normalized spacial score (nSPS) is 18.2.